The van der Waals surface area contributed by atoms with Crippen molar-refractivity contribution in [3.8, 4) is 0 Å². The fourth-order valence-electron chi connectivity index (χ4n) is 5.14. The quantitative estimate of drug-likeness (QED) is 0.206. The van der Waals surface area contributed by atoms with Gasteiger partial charge in [0.25, 0.3) is 11.8 Å². The topological polar surface area (TPSA) is 133 Å². The second-order valence-electron chi connectivity index (χ2n) is 8.47. The molecule has 2 amide bonds. The third kappa shape index (κ3) is 3.22. The Morgan fingerprint density at radius 3 is 1.14 bits per heavy atom. The zero-order valence-electron chi connectivity index (χ0n) is 19.6. The maximum Gasteiger partial charge on any atom is 0.336 e. The fourth-order valence-corrected chi connectivity index (χ4v) is 5.14. The number of hydrogen-bond donors (Lipinski definition) is 4. The van der Waals surface area contributed by atoms with Gasteiger partial charge in [-0.25, -0.2) is 9.59 Å². The molecule has 0 heterocycles. The molecular formula is C28H22N2O6. The van der Waals surface area contributed by atoms with E-state index in [-0.39, 0.29) is 28.3 Å². The molecule has 8 heteroatoms. The van der Waals surface area contributed by atoms with Gasteiger partial charge < -0.3 is 20.8 Å². The molecule has 0 saturated carbocycles. The molecule has 5 aromatic rings. The van der Waals surface area contributed by atoms with Gasteiger partial charge >= 0.3 is 11.9 Å². The van der Waals surface area contributed by atoms with Gasteiger partial charge in [-0.15, -0.1) is 0 Å². The van der Waals surface area contributed by atoms with Crippen molar-refractivity contribution in [3.05, 3.63) is 70.8 Å². The highest BCUT2D eigenvalue weighted by molar-refractivity contribution is 6.38. The Bertz CT molecular complexity index is 1630. The molecule has 0 radical (unpaired) electrons. The first-order valence-electron chi connectivity index (χ1n) is 11.5. The Labute approximate surface area is 204 Å². The van der Waals surface area contributed by atoms with E-state index in [0.29, 0.717) is 61.9 Å². The molecule has 8 nitrogen and oxygen atoms in total. The molecule has 5 aromatic carbocycles. The summed E-state index contributed by atoms with van der Waals surface area (Å²) in [4.78, 5) is 50.1. The normalized spacial score (nSPS) is 11.4. The number of carbonyl (C=O) groups is 4. The van der Waals surface area contributed by atoms with Crippen LogP contribution in [0.2, 0.25) is 0 Å². The number of carboxylic acid groups (broad SMARTS) is 2. The molecule has 0 aliphatic heterocycles. The lowest BCUT2D eigenvalue weighted by atomic mass is 9.84. The number of carboxylic acids is 2. The van der Waals surface area contributed by atoms with Crippen LogP contribution >= 0.6 is 0 Å². The van der Waals surface area contributed by atoms with Gasteiger partial charge in [-0.2, -0.15) is 0 Å². The Hall–Kier alpha value is -4.72. The third-order valence-corrected chi connectivity index (χ3v) is 6.53. The van der Waals surface area contributed by atoms with Crippen molar-refractivity contribution >= 4 is 66.8 Å². The average molecular weight is 482 g/mol. The summed E-state index contributed by atoms with van der Waals surface area (Å²) < 4.78 is 0. The minimum atomic E-state index is -1.23. The first kappa shape index (κ1) is 23.0. The van der Waals surface area contributed by atoms with Crippen molar-refractivity contribution in [1.29, 1.82) is 0 Å². The highest BCUT2D eigenvalue weighted by atomic mass is 16.4. The standard InChI is InChI=1S/C28H22N2O6/c1-3-29-25(31)17-9-5-13-15-7-11-19(27(33)34)24-20(28(35)36)12-8-16(22(15)24)14-6-10-18(23(17)21(13)14)26(32)30-4-2/h5-12H,3-4H2,1-2H3,(H,29,31)(H,30,32)(H,33,34)(H,35,36). The van der Waals surface area contributed by atoms with Crippen LogP contribution in [0.15, 0.2) is 48.5 Å². The average Bonchev–Trinajstić information content (AvgIpc) is 2.86. The SMILES string of the molecule is CCNC(=O)c1ccc2c3ccc(C(=O)O)c4c(C(=O)O)ccc(c5ccc(C(=O)NCC)c1c25)c43. The predicted octanol–water partition coefficient (Wildman–Crippen LogP) is 4.63. The van der Waals surface area contributed by atoms with Crippen LogP contribution in [0, 0.1) is 0 Å². The predicted molar refractivity (Wildman–Crippen MR) is 138 cm³/mol. The Kier molecular flexibility index (Phi) is 5.44. The van der Waals surface area contributed by atoms with Crippen molar-refractivity contribution in [2.24, 2.45) is 0 Å². The van der Waals surface area contributed by atoms with E-state index in [9.17, 15) is 29.4 Å². The molecule has 0 saturated heterocycles. The molecule has 0 unspecified atom stereocenters. The van der Waals surface area contributed by atoms with E-state index in [1.807, 2.05) is 13.8 Å². The zero-order valence-corrected chi connectivity index (χ0v) is 19.6. The maximum atomic E-state index is 13.0. The van der Waals surface area contributed by atoms with Crippen molar-refractivity contribution in [1.82, 2.24) is 10.6 Å². The van der Waals surface area contributed by atoms with Gasteiger partial charge in [-0.1, -0.05) is 24.3 Å². The van der Waals surface area contributed by atoms with E-state index in [1.165, 1.54) is 12.1 Å². The van der Waals surface area contributed by atoms with Crippen molar-refractivity contribution in [3.63, 3.8) is 0 Å². The molecule has 0 aliphatic rings. The van der Waals surface area contributed by atoms with Gasteiger partial charge in [0.05, 0.1) is 11.1 Å². The molecule has 180 valence electrons. The second kappa shape index (κ2) is 8.49. The van der Waals surface area contributed by atoms with E-state index < -0.39 is 11.9 Å². The minimum Gasteiger partial charge on any atom is -0.478 e. The molecule has 0 aliphatic carbocycles. The molecule has 4 N–H and O–H groups in total. The van der Waals surface area contributed by atoms with E-state index in [4.69, 9.17) is 0 Å². The van der Waals surface area contributed by atoms with Crippen molar-refractivity contribution in [2.75, 3.05) is 13.1 Å². The monoisotopic (exact) mass is 482 g/mol. The van der Waals surface area contributed by atoms with Crippen LogP contribution in [0.5, 0.6) is 0 Å². The van der Waals surface area contributed by atoms with Gasteiger partial charge in [0.15, 0.2) is 0 Å². The first-order chi connectivity index (χ1) is 17.3. The molecule has 0 atom stereocenters. The number of hydrogen-bond acceptors (Lipinski definition) is 4. The number of amides is 2. The first-order valence-corrected chi connectivity index (χ1v) is 11.5. The van der Waals surface area contributed by atoms with Crippen LogP contribution in [0.3, 0.4) is 0 Å². The van der Waals surface area contributed by atoms with Crippen LogP contribution in [0.25, 0.3) is 43.1 Å². The minimum absolute atomic E-state index is 0.106. The maximum absolute atomic E-state index is 13.0. The summed E-state index contributed by atoms with van der Waals surface area (Å²) in [6.45, 7) is 4.45. The van der Waals surface area contributed by atoms with Crippen LogP contribution in [-0.2, 0) is 0 Å². The van der Waals surface area contributed by atoms with E-state index in [2.05, 4.69) is 10.6 Å². The summed E-state index contributed by atoms with van der Waals surface area (Å²) in [6, 6.07) is 13.0. The lowest BCUT2D eigenvalue weighted by Crippen LogP contribution is -2.26. The fraction of sp³-hybridized carbons (Fsp3) is 0.143. The van der Waals surface area contributed by atoms with Crippen molar-refractivity contribution < 1.29 is 29.4 Å². The Morgan fingerprint density at radius 1 is 0.528 bits per heavy atom. The molecule has 5 rings (SSSR count). The number of carbonyl (C=O) groups excluding carboxylic acids is 2. The van der Waals surface area contributed by atoms with E-state index in [1.54, 1.807) is 36.4 Å². The number of fused-ring (bicyclic) bond motifs is 2. The summed E-state index contributed by atoms with van der Waals surface area (Å²) in [5.41, 5.74) is 0.488. The zero-order chi connectivity index (χ0) is 25.7. The summed E-state index contributed by atoms with van der Waals surface area (Å²) in [5, 5.41) is 29.7. The van der Waals surface area contributed by atoms with Gasteiger partial charge in [0.2, 0.25) is 0 Å². The van der Waals surface area contributed by atoms with E-state index >= 15 is 0 Å². The molecule has 0 spiro atoms. The second-order valence-corrected chi connectivity index (χ2v) is 8.47. The summed E-state index contributed by atoms with van der Waals surface area (Å²) in [7, 11) is 0. The van der Waals surface area contributed by atoms with Crippen LogP contribution in [0.4, 0.5) is 0 Å². The number of nitrogens with one attached hydrogen (secondary N) is 2. The van der Waals surface area contributed by atoms with E-state index in [0.717, 1.165) is 0 Å². The van der Waals surface area contributed by atoms with Gasteiger partial charge in [0.1, 0.15) is 0 Å². The largest absolute Gasteiger partial charge is 0.478 e. The Morgan fingerprint density at radius 2 is 0.833 bits per heavy atom. The molecule has 0 fully saturated rings. The van der Waals surface area contributed by atoms with Gasteiger partial charge in [-0.05, 0) is 70.4 Å². The van der Waals surface area contributed by atoms with Crippen LogP contribution in [0.1, 0.15) is 55.3 Å². The summed E-state index contributed by atoms with van der Waals surface area (Å²) in [6.07, 6.45) is 0. The van der Waals surface area contributed by atoms with Crippen LogP contribution in [-0.4, -0.2) is 47.1 Å². The number of rotatable bonds is 6. The molecule has 0 bridgehead atoms. The lowest BCUT2D eigenvalue weighted by Gasteiger charge is -2.19. The summed E-state index contributed by atoms with van der Waals surface area (Å²) >= 11 is 0. The third-order valence-electron chi connectivity index (χ3n) is 6.53. The molecule has 0 aromatic heterocycles. The molecule has 36 heavy (non-hydrogen) atoms. The number of benzene rings is 5. The Balaban J connectivity index is 2.06. The molecular weight excluding hydrogens is 460 g/mol. The number of aromatic carboxylic acids is 2. The summed E-state index contributed by atoms with van der Waals surface area (Å²) in [5.74, 6) is -3.08. The highest BCUT2D eigenvalue weighted by Gasteiger charge is 2.25. The van der Waals surface area contributed by atoms with Gasteiger partial charge in [-0.3, -0.25) is 9.59 Å². The smallest absolute Gasteiger partial charge is 0.336 e. The van der Waals surface area contributed by atoms with Gasteiger partial charge in [0, 0.05) is 35.0 Å². The van der Waals surface area contributed by atoms with Crippen LogP contribution < -0.4 is 10.6 Å². The lowest BCUT2D eigenvalue weighted by molar-refractivity contribution is 0.0695. The highest BCUT2D eigenvalue weighted by Crippen LogP contribution is 2.44. The van der Waals surface area contributed by atoms with Crippen molar-refractivity contribution in [2.45, 2.75) is 13.8 Å².